The minimum Gasteiger partial charge on any atom is -0.480 e. The Morgan fingerprint density at radius 2 is 2.21 bits per heavy atom. The second-order valence-electron chi connectivity index (χ2n) is 4.64. The summed E-state index contributed by atoms with van der Waals surface area (Å²) in [4.78, 5) is 35.4. The molecule has 0 radical (unpaired) electrons. The molecular weight excluding hydrogens is 270 g/mol. The van der Waals surface area contributed by atoms with Crippen molar-refractivity contribution in [2.45, 2.75) is 32.4 Å². The van der Waals surface area contributed by atoms with E-state index in [1.807, 2.05) is 0 Å². The second kappa shape index (κ2) is 6.91. The summed E-state index contributed by atoms with van der Waals surface area (Å²) in [5.41, 5.74) is 0. The van der Waals surface area contributed by atoms with E-state index in [1.165, 1.54) is 30.7 Å². The van der Waals surface area contributed by atoms with Crippen LogP contribution in [0, 0.1) is 5.92 Å². The van der Waals surface area contributed by atoms with E-state index in [0.717, 1.165) is 0 Å². The molecule has 3 atom stereocenters. The van der Waals surface area contributed by atoms with Gasteiger partial charge in [0.25, 0.3) is 0 Å². The first-order valence-corrected chi connectivity index (χ1v) is 7.03. The monoisotopic (exact) mass is 289 g/mol. The standard InChI is InChI=1S/C12H19NO5S/c1-7(18-3)11(12(16)17)13-5-9(4-10(13)15)6-19-8(2)14/h7,9,11H,4-6H2,1-3H3,(H,16,17)/t7-,9?,11+/m1/s1. The average Bonchev–Trinajstić information content (AvgIpc) is 2.68. The fourth-order valence-corrected chi connectivity index (χ4v) is 2.83. The van der Waals surface area contributed by atoms with Gasteiger partial charge in [-0.1, -0.05) is 11.8 Å². The molecule has 1 fully saturated rings. The number of hydrogen-bond acceptors (Lipinski definition) is 5. The molecule has 0 saturated carbocycles. The van der Waals surface area contributed by atoms with E-state index < -0.39 is 18.1 Å². The Kier molecular flexibility index (Phi) is 5.81. The van der Waals surface area contributed by atoms with Crippen LogP contribution in [0.3, 0.4) is 0 Å². The van der Waals surface area contributed by atoms with Gasteiger partial charge in [-0.15, -0.1) is 0 Å². The van der Waals surface area contributed by atoms with E-state index >= 15 is 0 Å². The summed E-state index contributed by atoms with van der Waals surface area (Å²) in [5, 5.41) is 9.23. The quantitative estimate of drug-likeness (QED) is 0.771. The van der Waals surface area contributed by atoms with E-state index in [9.17, 15) is 19.5 Å². The third-order valence-electron chi connectivity index (χ3n) is 3.17. The van der Waals surface area contributed by atoms with Crippen LogP contribution < -0.4 is 0 Å². The summed E-state index contributed by atoms with van der Waals surface area (Å²) >= 11 is 1.17. The Morgan fingerprint density at radius 1 is 1.58 bits per heavy atom. The molecule has 1 unspecified atom stereocenters. The fraction of sp³-hybridized carbons (Fsp3) is 0.750. The van der Waals surface area contributed by atoms with Crippen molar-refractivity contribution < 1.29 is 24.2 Å². The summed E-state index contributed by atoms with van der Waals surface area (Å²) in [7, 11) is 1.42. The number of carboxylic acid groups (broad SMARTS) is 1. The van der Waals surface area contributed by atoms with Gasteiger partial charge in [0.2, 0.25) is 5.91 Å². The number of likely N-dealkylation sites (tertiary alicyclic amines) is 1. The summed E-state index contributed by atoms with van der Waals surface area (Å²) < 4.78 is 5.03. The Labute approximate surface area is 116 Å². The number of carbonyl (C=O) groups excluding carboxylic acids is 2. The van der Waals surface area contributed by atoms with Crippen LogP contribution in [-0.2, 0) is 19.1 Å². The van der Waals surface area contributed by atoms with Gasteiger partial charge in [-0.2, -0.15) is 0 Å². The lowest BCUT2D eigenvalue weighted by Gasteiger charge is -2.28. The molecule has 1 heterocycles. The number of nitrogens with zero attached hydrogens (tertiary/aromatic N) is 1. The van der Waals surface area contributed by atoms with Crippen LogP contribution in [0.15, 0.2) is 0 Å². The van der Waals surface area contributed by atoms with Crippen molar-refractivity contribution >= 4 is 28.8 Å². The van der Waals surface area contributed by atoms with Crippen LogP contribution in [0.4, 0.5) is 0 Å². The molecule has 0 aromatic rings. The van der Waals surface area contributed by atoms with E-state index in [2.05, 4.69) is 0 Å². The third-order valence-corrected chi connectivity index (χ3v) is 4.21. The van der Waals surface area contributed by atoms with Crippen molar-refractivity contribution in [2.75, 3.05) is 19.4 Å². The molecular formula is C12H19NO5S. The maximum absolute atomic E-state index is 11.9. The van der Waals surface area contributed by atoms with Crippen LogP contribution in [-0.4, -0.2) is 58.6 Å². The van der Waals surface area contributed by atoms with E-state index in [1.54, 1.807) is 6.92 Å². The van der Waals surface area contributed by atoms with Gasteiger partial charge in [-0.3, -0.25) is 9.59 Å². The topological polar surface area (TPSA) is 83.9 Å². The summed E-state index contributed by atoms with van der Waals surface area (Å²) in [6, 6.07) is -0.968. The first kappa shape index (κ1) is 16.0. The van der Waals surface area contributed by atoms with Gasteiger partial charge in [0.1, 0.15) is 0 Å². The molecule has 1 amide bonds. The van der Waals surface area contributed by atoms with Gasteiger partial charge in [0.05, 0.1) is 6.10 Å². The predicted molar refractivity (Wildman–Crippen MR) is 70.9 cm³/mol. The molecule has 0 aliphatic carbocycles. The number of thioether (sulfide) groups is 1. The van der Waals surface area contributed by atoms with E-state index in [4.69, 9.17) is 4.74 Å². The largest absolute Gasteiger partial charge is 0.480 e. The highest BCUT2D eigenvalue weighted by atomic mass is 32.2. The van der Waals surface area contributed by atoms with Crippen molar-refractivity contribution in [1.29, 1.82) is 0 Å². The molecule has 0 aromatic carbocycles. The Hall–Kier alpha value is -1.08. The zero-order chi connectivity index (χ0) is 14.6. The highest BCUT2D eigenvalue weighted by Gasteiger charge is 2.40. The summed E-state index contributed by atoms with van der Waals surface area (Å²) in [6.07, 6.45) is -0.277. The number of aliphatic carboxylic acids is 1. The zero-order valence-corrected chi connectivity index (χ0v) is 12.1. The number of methoxy groups -OCH3 is 1. The number of ether oxygens (including phenoxy) is 1. The second-order valence-corrected chi connectivity index (χ2v) is 5.84. The molecule has 19 heavy (non-hydrogen) atoms. The van der Waals surface area contributed by atoms with Crippen LogP contribution in [0.2, 0.25) is 0 Å². The highest BCUT2D eigenvalue weighted by Crippen LogP contribution is 2.25. The number of carboxylic acids is 1. The molecule has 0 bridgehead atoms. The number of carbonyl (C=O) groups is 3. The lowest BCUT2D eigenvalue weighted by atomic mass is 10.1. The van der Waals surface area contributed by atoms with Crippen LogP contribution >= 0.6 is 11.8 Å². The van der Waals surface area contributed by atoms with Gasteiger partial charge in [-0.25, -0.2) is 4.79 Å². The molecule has 1 N–H and O–H groups in total. The molecule has 1 rings (SSSR count). The maximum atomic E-state index is 11.9. The SMILES string of the molecule is CO[C@H](C)[C@@H](C(=O)O)N1CC(CSC(C)=O)CC1=O. The lowest BCUT2D eigenvalue weighted by molar-refractivity contribution is -0.153. The Morgan fingerprint density at radius 3 is 2.68 bits per heavy atom. The average molecular weight is 289 g/mol. The molecule has 6 nitrogen and oxygen atoms in total. The fourth-order valence-electron chi connectivity index (χ4n) is 2.14. The normalized spacial score (nSPS) is 22.4. The number of hydrogen-bond donors (Lipinski definition) is 1. The Bertz CT molecular complexity index is 373. The number of rotatable bonds is 6. The lowest BCUT2D eigenvalue weighted by Crippen LogP contribution is -2.49. The zero-order valence-electron chi connectivity index (χ0n) is 11.3. The highest BCUT2D eigenvalue weighted by molar-refractivity contribution is 8.13. The van der Waals surface area contributed by atoms with Crippen molar-refractivity contribution in [3.8, 4) is 0 Å². The van der Waals surface area contributed by atoms with Crippen LogP contribution in [0.5, 0.6) is 0 Å². The molecule has 0 aromatic heterocycles. The Balaban J connectivity index is 2.69. The van der Waals surface area contributed by atoms with Crippen molar-refractivity contribution in [3.05, 3.63) is 0 Å². The van der Waals surface area contributed by atoms with Crippen LogP contribution in [0.25, 0.3) is 0 Å². The van der Waals surface area contributed by atoms with Gasteiger partial charge < -0.3 is 14.7 Å². The minimum absolute atomic E-state index is 0.00550. The van der Waals surface area contributed by atoms with Crippen molar-refractivity contribution in [2.24, 2.45) is 5.92 Å². The summed E-state index contributed by atoms with van der Waals surface area (Å²) in [6.45, 7) is 3.47. The molecule has 7 heteroatoms. The first-order chi connectivity index (χ1) is 8.86. The van der Waals surface area contributed by atoms with Gasteiger partial charge in [0, 0.05) is 32.8 Å². The molecule has 108 valence electrons. The van der Waals surface area contributed by atoms with Crippen molar-refractivity contribution in [1.82, 2.24) is 4.90 Å². The van der Waals surface area contributed by atoms with Gasteiger partial charge in [0.15, 0.2) is 11.2 Å². The smallest absolute Gasteiger partial charge is 0.329 e. The minimum atomic E-state index is -1.07. The molecule has 1 aliphatic heterocycles. The van der Waals surface area contributed by atoms with Gasteiger partial charge in [-0.05, 0) is 12.8 Å². The maximum Gasteiger partial charge on any atom is 0.329 e. The van der Waals surface area contributed by atoms with E-state index in [-0.39, 0.29) is 16.9 Å². The predicted octanol–water partition coefficient (Wildman–Crippen LogP) is 0.603. The molecule has 1 aliphatic rings. The first-order valence-electron chi connectivity index (χ1n) is 6.05. The molecule has 0 spiro atoms. The van der Waals surface area contributed by atoms with Gasteiger partial charge >= 0.3 is 5.97 Å². The van der Waals surface area contributed by atoms with Crippen LogP contribution in [0.1, 0.15) is 20.3 Å². The molecule has 1 saturated heterocycles. The number of amides is 1. The third kappa shape index (κ3) is 4.21. The van der Waals surface area contributed by atoms with E-state index in [0.29, 0.717) is 18.7 Å². The summed E-state index contributed by atoms with van der Waals surface area (Å²) in [5.74, 6) is -0.689. The van der Waals surface area contributed by atoms with Crippen molar-refractivity contribution in [3.63, 3.8) is 0 Å².